The highest BCUT2D eigenvalue weighted by molar-refractivity contribution is 6.89. The number of hydrogen-bond acceptors (Lipinski definition) is 0. The minimum absolute atomic E-state index is 0.939. The van der Waals surface area contributed by atoms with Crippen LogP contribution in [0.25, 0.3) is 21.8 Å². The van der Waals surface area contributed by atoms with E-state index in [0.717, 1.165) is 13.1 Å². The average molecular weight is 501 g/mol. The Morgan fingerprint density at radius 3 is 1.76 bits per heavy atom. The fourth-order valence-corrected chi connectivity index (χ4v) is 6.79. The third kappa shape index (κ3) is 5.62. The second-order valence-electron chi connectivity index (χ2n) is 10.4. The highest BCUT2D eigenvalue weighted by atomic mass is 28.3. The molecule has 0 radical (unpaired) electrons. The maximum Gasteiger partial charge on any atom is 0.101 e. The van der Waals surface area contributed by atoms with Crippen LogP contribution in [0.1, 0.15) is 18.1 Å². The fraction of sp³-hybridized carbons (Fsp3) is 0.176. The lowest BCUT2D eigenvalue weighted by atomic mass is 10.2. The molecule has 6 rings (SSSR count). The van der Waals surface area contributed by atoms with Crippen LogP contribution in [0.4, 0.5) is 0 Å². The SMILES string of the molecule is CC[Si](C)(C)c1cc2ccccc2n1Cc1ccccc1.c1ccc(Cn2ccc3ccccc32)cc1. The molecule has 2 heterocycles. The average Bonchev–Trinajstić information content (AvgIpc) is 3.52. The van der Waals surface area contributed by atoms with E-state index in [0.29, 0.717) is 0 Å². The van der Waals surface area contributed by atoms with Gasteiger partial charge in [-0.25, -0.2) is 0 Å². The number of rotatable bonds is 6. The number of para-hydroxylation sites is 2. The Hall–Kier alpha value is -3.82. The summed E-state index contributed by atoms with van der Waals surface area (Å²) in [5, 5.41) is 4.24. The molecule has 0 saturated carbocycles. The minimum Gasteiger partial charge on any atom is -0.344 e. The third-order valence-corrected chi connectivity index (χ3v) is 11.0. The second-order valence-corrected chi connectivity index (χ2v) is 15.4. The van der Waals surface area contributed by atoms with Gasteiger partial charge >= 0.3 is 0 Å². The summed E-state index contributed by atoms with van der Waals surface area (Å²) in [6.45, 7) is 9.19. The summed E-state index contributed by atoms with van der Waals surface area (Å²) in [5.74, 6) is 0. The molecule has 0 saturated heterocycles. The fourth-order valence-electron chi connectivity index (χ4n) is 4.95. The van der Waals surface area contributed by atoms with Crippen molar-refractivity contribution in [1.82, 2.24) is 9.13 Å². The summed E-state index contributed by atoms with van der Waals surface area (Å²) in [6, 6.07) is 44.4. The van der Waals surface area contributed by atoms with Crippen LogP contribution in [0, 0.1) is 0 Å². The summed E-state index contributed by atoms with van der Waals surface area (Å²) in [7, 11) is -1.37. The Labute approximate surface area is 221 Å². The van der Waals surface area contributed by atoms with E-state index in [-0.39, 0.29) is 0 Å². The van der Waals surface area contributed by atoms with Gasteiger partial charge in [0.25, 0.3) is 0 Å². The number of aromatic nitrogens is 2. The van der Waals surface area contributed by atoms with Crippen LogP contribution in [0.3, 0.4) is 0 Å². The minimum atomic E-state index is -1.37. The summed E-state index contributed by atoms with van der Waals surface area (Å²) >= 11 is 0. The van der Waals surface area contributed by atoms with Gasteiger partial charge in [-0.2, -0.15) is 0 Å². The Bertz CT molecular complexity index is 1580. The molecule has 0 aliphatic carbocycles. The first-order valence-electron chi connectivity index (χ1n) is 13.3. The van der Waals surface area contributed by atoms with E-state index < -0.39 is 8.07 Å². The van der Waals surface area contributed by atoms with Gasteiger partial charge in [0.2, 0.25) is 0 Å². The summed E-state index contributed by atoms with van der Waals surface area (Å²) < 4.78 is 4.82. The highest BCUT2D eigenvalue weighted by Gasteiger charge is 2.26. The van der Waals surface area contributed by atoms with Crippen molar-refractivity contribution >= 4 is 35.2 Å². The highest BCUT2D eigenvalue weighted by Crippen LogP contribution is 2.21. The monoisotopic (exact) mass is 500 g/mol. The largest absolute Gasteiger partial charge is 0.344 e. The molecule has 0 fully saturated rings. The van der Waals surface area contributed by atoms with E-state index in [2.05, 4.69) is 157 Å². The summed E-state index contributed by atoms with van der Waals surface area (Å²) in [4.78, 5) is 0. The van der Waals surface area contributed by atoms with Gasteiger partial charge in [-0.1, -0.05) is 123 Å². The van der Waals surface area contributed by atoms with E-state index >= 15 is 0 Å². The molecule has 0 unspecified atom stereocenters. The topological polar surface area (TPSA) is 9.86 Å². The number of nitrogens with zero attached hydrogens (tertiary/aromatic N) is 2. The molecule has 3 heteroatoms. The zero-order valence-corrected chi connectivity index (χ0v) is 23.1. The van der Waals surface area contributed by atoms with Crippen molar-refractivity contribution in [2.45, 2.75) is 39.2 Å². The summed E-state index contributed by atoms with van der Waals surface area (Å²) in [6.07, 6.45) is 2.15. The van der Waals surface area contributed by atoms with Gasteiger partial charge in [0.1, 0.15) is 8.07 Å². The maximum absolute atomic E-state index is 2.54. The lowest BCUT2D eigenvalue weighted by molar-refractivity contribution is 0.837. The zero-order valence-electron chi connectivity index (χ0n) is 22.1. The van der Waals surface area contributed by atoms with E-state index in [1.54, 1.807) is 5.32 Å². The molecule has 0 amide bonds. The quantitative estimate of drug-likeness (QED) is 0.204. The number of fused-ring (bicyclic) bond motifs is 2. The van der Waals surface area contributed by atoms with Crippen molar-refractivity contribution < 1.29 is 0 Å². The molecular weight excluding hydrogens is 464 g/mol. The van der Waals surface area contributed by atoms with Gasteiger partial charge < -0.3 is 9.13 Å². The Morgan fingerprint density at radius 1 is 0.568 bits per heavy atom. The van der Waals surface area contributed by atoms with Gasteiger partial charge in [0.15, 0.2) is 0 Å². The maximum atomic E-state index is 2.54. The molecule has 2 aromatic heterocycles. The van der Waals surface area contributed by atoms with Crippen LogP contribution < -0.4 is 5.32 Å². The standard InChI is InChI=1S/C19H23NSi.C15H13N/c1-4-21(2,3)19-14-17-12-8-9-13-18(17)20(19)15-16-10-6-5-7-11-16;1-2-6-13(7-3-1)12-16-11-10-14-8-4-5-9-15(14)16/h5-14H,4,15H2,1-3H3;1-11H,12H2. The van der Waals surface area contributed by atoms with Crippen molar-refractivity contribution in [2.75, 3.05) is 0 Å². The molecule has 0 aliphatic rings. The Morgan fingerprint density at radius 2 is 1.11 bits per heavy atom. The van der Waals surface area contributed by atoms with Gasteiger partial charge in [0, 0.05) is 35.6 Å². The van der Waals surface area contributed by atoms with Crippen LogP contribution in [-0.4, -0.2) is 17.2 Å². The molecule has 0 atom stereocenters. The van der Waals surface area contributed by atoms with Crippen molar-refractivity contribution in [3.05, 3.63) is 139 Å². The van der Waals surface area contributed by atoms with Gasteiger partial charge in [-0.3, -0.25) is 0 Å². The molecule has 37 heavy (non-hydrogen) atoms. The van der Waals surface area contributed by atoms with Gasteiger partial charge in [-0.05, 0) is 46.2 Å². The third-order valence-electron chi connectivity index (χ3n) is 7.45. The first kappa shape index (κ1) is 24.9. The first-order chi connectivity index (χ1) is 18.0. The van der Waals surface area contributed by atoms with Crippen molar-refractivity contribution in [3.63, 3.8) is 0 Å². The molecular formula is C34H36N2Si. The van der Waals surface area contributed by atoms with E-state index in [1.807, 2.05) is 0 Å². The molecule has 2 nitrogen and oxygen atoms in total. The molecule has 0 bridgehead atoms. The molecule has 0 N–H and O–H groups in total. The zero-order chi connectivity index (χ0) is 25.7. The van der Waals surface area contributed by atoms with E-state index in [1.165, 1.54) is 39.0 Å². The van der Waals surface area contributed by atoms with Crippen LogP contribution in [0.5, 0.6) is 0 Å². The number of benzene rings is 4. The van der Waals surface area contributed by atoms with Crippen LogP contribution in [0.2, 0.25) is 19.1 Å². The Kier molecular flexibility index (Phi) is 7.43. The predicted molar refractivity (Wildman–Crippen MR) is 163 cm³/mol. The van der Waals surface area contributed by atoms with Crippen LogP contribution >= 0.6 is 0 Å². The second kappa shape index (κ2) is 11.1. The lowest BCUT2D eigenvalue weighted by Gasteiger charge is -2.23. The van der Waals surface area contributed by atoms with Crippen LogP contribution in [0.15, 0.2) is 128 Å². The molecule has 0 aliphatic heterocycles. The lowest BCUT2D eigenvalue weighted by Crippen LogP contribution is -2.45. The molecule has 186 valence electrons. The Balaban J connectivity index is 0.000000157. The normalized spacial score (nSPS) is 11.4. The summed E-state index contributed by atoms with van der Waals surface area (Å²) in [5.41, 5.74) is 5.38. The molecule has 4 aromatic carbocycles. The van der Waals surface area contributed by atoms with E-state index in [9.17, 15) is 0 Å². The van der Waals surface area contributed by atoms with Crippen LogP contribution in [-0.2, 0) is 13.1 Å². The van der Waals surface area contributed by atoms with Gasteiger partial charge in [-0.15, -0.1) is 0 Å². The number of hydrogen-bond donors (Lipinski definition) is 0. The first-order valence-corrected chi connectivity index (χ1v) is 16.5. The van der Waals surface area contributed by atoms with Crippen molar-refractivity contribution in [3.8, 4) is 0 Å². The van der Waals surface area contributed by atoms with Gasteiger partial charge in [0.05, 0.1) is 0 Å². The molecule has 0 spiro atoms. The van der Waals surface area contributed by atoms with Crippen molar-refractivity contribution in [1.29, 1.82) is 0 Å². The van der Waals surface area contributed by atoms with E-state index in [4.69, 9.17) is 0 Å². The smallest absolute Gasteiger partial charge is 0.101 e. The predicted octanol–water partition coefficient (Wildman–Crippen LogP) is 8.31. The van der Waals surface area contributed by atoms with Crippen molar-refractivity contribution in [2.24, 2.45) is 0 Å². The molecule has 6 aromatic rings.